The van der Waals surface area contributed by atoms with Crippen LogP contribution in [0.3, 0.4) is 0 Å². The smallest absolute Gasteiger partial charge is 0.255 e. The zero-order valence-electron chi connectivity index (χ0n) is 14.7. The first-order chi connectivity index (χ1) is 13.3. The minimum absolute atomic E-state index is 0.0355. The lowest BCUT2D eigenvalue weighted by atomic mass is 10.1. The van der Waals surface area contributed by atoms with E-state index in [2.05, 4.69) is 44.5 Å². The van der Waals surface area contributed by atoms with E-state index in [9.17, 15) is 4.79 Å². The maximum Gasteiger partial charge on any atom is 0.255 e. The third kappa shape index (κ3) is 3.07. The lowest BCUT2D eigenvalue weighted by molar-refractivity contribution is 0.243. The minimum Gasteiger partial charge on any atom is -0.306 e. The van der Waals surface area contributed by atoms with Crippen molar-refractivity contribution in [3.05, 3.63) is 81.3 Å². The second kappa shape index (κ2) is 6.72. The van der Waals surface area contributed by atoms with Crippen LogP contribution in [0.4, 0.5) is 0 Å². The van der Waals surface area contributed by atoms with Crippen LogP contribution in [0.2, 0.25) is 0 Å². The number of nitrogens with zero attached hydrogens (tertiary/aromatic N) is 3. The molecule has 5 nitrogen and oxygen atoms in total. The molecule has 0 aliphatic carbocycles. The highest BCUT2D eigenvalue weighted by Crippen LogP contribution is 2.28. The van der Waals surface area contributed by atoms with Crippen LogP contribution >= 0.6 is 11.3 Å². The van der Waals surface area contributed by atoms with Crippen LogP contribution in [-0.2, 0) is 19.5 Å². The molecule has 4 aromatic rings. The third-order valence-corrected chi connectivity index (χ3v) is 6.07. The Labute approximate surface area is 160 Å². The number of nitrogens with one attached hydrogen (secondary N) is 1. The Kier molecular flexibility index (Phi) is 4.07. The summed E-state index contributed by atoms with van der Waals surface area (Å²) in [5.74, 6) is 0.624. The summed E-state index contributed by atoms with van der Waals surface area (Å²) in [6, 6.07) is 12.2. The molecule has 1 aromatic carbocycles. The Morgan fingerprint density at radius 1 is 1.15 bits per heavy atom. The Hall–Kier alpha value is -2.83. The van der Waals surface area contributed by atoms with Crippen LogP contribution in [-0.4, -0.2) is 26.4 Å². The van der Waals surface area contributed by atoms with Crippen molar-refractivity contribution in [1.29, 1.82) is 0 Å². The molecule has 0 amide bonds. The molecular weight excluding hydrogens is 356 g/mol. The summed E-state index contributed by atoms with van der Waals surface area (Å²) in [7, 11) is 0. The van der Waals surface area contributed by atoms with Crippen LogP contribution in [0.5, 0.6) is 0 Å². The van der Waals surface area contributed by atoms with Gasteiger partial charge in [0.25, 0.3) is 5.56 Å². The number of aromatic amines is 1. The SMILES string of the molecule is O=c1[nH]c(-c2ccncc2)nc2c1CN(Cc1csc3ccccc13)CC2. The van der Waals surface area contributed by atoms with Crippen molar-refractivity contribution in [3.8, 4) is 11.4 Å². The van der Waals surface area contributed by atoms with Gasteiger partial charge < -0.3 is 4.98 Å². The molecule has 4 heterocycles. The molecule has 0 saturated heterocycles. The Balaban J connectivity index is 1.42. The highest BCUT2D eigenvalue weighted by molar-refractivity contribution is 7.17. The summed E-state index contributed by atoms with van der Waals surface area (Å²) in [4.78, 5) is 26.7. The van der Waals surface area contributed by atoms with E-state index >= 15 is 0 Å². The van der Waals surface area contributed by atoms with Crippen LogP contribution in [0, 0.1) is 0 Å². The van der Waals surface area contributed by atoms with Crippen molar-refractivity contribution in [3.63, 3.8) is 0 Å². The first-order valence-corrected chi connectivity index (χ1v) is 9.86. The van der Waals surface area contributed by atoms with Crippen molar-refractivity contribution < 1.29 is 0 Å². The van der Waals surface area contributed by atoms with E-state index in [0.29, 0.717) is 12.4 Å². The fourth-order valence-corrected chi connectivity index (χ4v) is 4.61. The molecule has 0 fully saturated rings. The van der Waals surface area contributed by atoms with Gasteiger partial charge in [-0.25, -0.2) is 4.98 Å². The molecular formula is C21H18N4OS. The van der Waals surface area contributed by atoms with Gasteiger partial charge in [0, 0.05) is 48.7 Å². The number of pyridine rings is 1. The molecule has 1 aliphatic rings. The number of hydrogen-bond acceptors (Lipinski definition) is 5. The highest BCUT2D eigenvalue weighted by atomic mass is 32.1. The average molecular weight is 374 g/mol. The molecule has 0 spiro atoms. The Morgan fingerprint density at radius 2 is 2.00 bits per heavy atom. The summed E-state index contributed by atoms with van der Waals surface area (Å²) in [5, 5.41) is 3.54. The van der Waals surface area contributed by atoms with E-state index in [1.54, 1.807) is 23.7 Å². The number of fused-ring (bicyclic) bond motifs is 2. The van der Waals surface area contributed by atoms with Crippen LogP contribution in [0.15, 0.2) is 59.0 Å². The molecule has 27 heavy (non-hydrogen) atoms. The maximum atomic E-state index is 12.7. The predicted molar refractivity (Wildman–Crippen MR) is 108 cm³/mol. The molecule has 0 saturated carbocycles. The monoisotopic (exact) mass is 374 g/mol. The summed E-state index contributed by atoms with van der Waals surface area (Å²) in [5.41, 5.74) is 3.89. The fourth-order valence-electron chi connectivity index (χ4n) is 3.66. The quantitative estimate of drug-likeness (QED) is 0.595. The van der Waals surface area contributed by atoms with E-state index in [1.807, 2.05) is 12.1 Å². The molecule has 0 radical (unpaired) electrons. The van der Waals surface area contributed by atoms with Gasteiger partial charge in [-0.1, -0.05) is 18.2 Å². The first kappa shape index (κ1) is 16.4. The predicted octanol–water partition coefficient (Wildman–Crippen LogP) is 3.60. The maximum absolute atomic E-state index is 12.7. The van der Waals surface area contributed by atoms with Crippen molar-refractivity contribution in [2.75, 3.05) is 6.54 Å². The van der Waals surface area contributed by atoms with Crippen molar-refractivity contribution in [2.24, 2.45) is 0 Å². The fraction of sp³-hybridized carbons (Fsp3) is 0.190. The van der Waals surface area contributed by atoms with Gasteiger partial charge in [-0.05, 0) is 34.5 Å². The van der Waals surface area contributed by atoms with E-state index in [1.165, 1.54) is 15.6 Å². The number of H-pyrrole nitrogens is 1. The Morgan fingerprint density at radius 3 is 2.89 bits per heavy atom. The number of aromatic nitrogens is 3. The number of hydrogen-bond donors (Lipinski definition) is 1. The first-order valence-electron chi connectivity index (χ1n) is 8.98. The van der Waals surface area contributed by atoms with Gasteiger partial charge in [0.2, 0.25) is 0 Å². The zero-order valence-corrected chi connectivity index (χ0v) is 15.5. The van der Waals surface area contributed by atoms with Gasteiger partial charge in [-0.3, -0.25) is 14.7 Å². The second-order valence-electron chi connectivity index (χ2n) is 6.79. The molecule has 1 aliphatic heterocycles. The number of rotatable bonds is 3. The Bertz CT molecular complexity index is 1170. The van der Waals surface area contributed by atoms with Gasteiger partial charge >= 0.3 is 0 Å². The molecule has 0 unspecified atom stereocenters. The largest absolute Gasteiger partial charge is 0.306 e. The molecule has 0 bridgehead atoms. The van der Waals surface area contributed by atoms with E-state index < -0.39 is 0 Å². The van der Waals surface area contributed by atoms with Crippen LogP contribution in [0.25, 0.3) is 21.5 Å². The molecule has 0 atom stereocenters. The lowest BCUT2D eigenvalue weighted by Gasteiger charge is -2.27. The van der Waals surface area contributed by atoms with Gasteiger partial charge in [-0.15, -0.1) is 11.3 Å². The lowest BCUT2D eigenvalue weighted by Crippen LogP contribution is -2.35. The van der Waals surface area contributed by atoms with E-state index in [0.717, 1.165) is 36.3 Å². The van der Waals surface area contributed by atoms with E-state index in [4.69, 9.17) is 4.98 Å². The summed E-state index contributed by atoms with van der Waals surface area (Å²) < 4.78 is 1.31. The summed E-state index contributed by atoms with van der Waals surface area (Å²) in [6.45, 7) is 2.40. The average Bonchev–Trinajstić information content (AvgIpc) is 3.12. The standard InChI is InChI=1S/C21H18N4OS/c26-21-17-12-25(11-15-13-27-19-4-2-1-3-16(15)19)10-7-18(17)23-20(24-21)14-5-8-22-9-6-14/h1-6,8-9,13H,7,10-12H2,(H,23,24,26). The summed E-state index contributed by atoms with van der Waals surface area (Å²) >= 11 is 1.78. The van der Waals surface area contributed by atoms with Crippen LogP contribution in [0.1, 0.15) is 16.8 Å². The normalized spacial score (nSPS) is 14.4. The van der Waals surface area contributed by atoms with Gasteiger partial charge in [0.15, 0.2) is 0 Å². The second-order valence-corrected chi connectivity index (χ2v) is 7.70. The minimum atomic E-state index is -0.0355. The van der Waals surface area contributed by atoms with Gasteiger partial charge in [0.05, 0.1) is 11.3 Å². The number of thiophene rings is 1. The molecule has 5 rings (SSSR count). The van der Waals surface area contributed by atoms with Crippen LogP contribution < -0.4 is 5.56 Å². The molecule has 1 N–H and O–H groups in total. The molecule has 6 heteroatoms. The van der Waals surface area contributed by atoms with Gasteiger partial charge in [0.1, 0.15) is 5.82 Å². The van der Waals surface area contributed by atoms with E-state index in [-0.39, 0.29) is 5.56 Å². The topological polar surface area (TPSA) is 61.9 Å². The third-order valence-electron chi connectivity index (χ3n) is 5.06. The van der Waals surface area contributed by atoms with Crippen molar-refractivity contribution >= 4 is 21.4 Å². The zero-order chi connectivity index (χ0) is 18.2. The summed E-state index contributed by atoms with van der Waals surface area (Å²) in [6.07, 6.45) is 4.21. The van der Waals surface area contributed by atoms with Crippen molar-refractivity contribution in [1.82, 2.24) is 19.9 Å². The molecule has 3 aromatic heterocycles. The number of benzene rings is 1. The molecule has 134 valence electrons. The van der Waals surface area contributed by atoms with Gasteiger partial charge in [-0.2, -0.15) is 0 Å². The van der Waals surface area contributed by atoms with Crippen molar-refractivity contribution in [2.45, 2.75) is 19.5 Å². The highest BCUT2D eigenvalue weighted by Gasteiger charge is 2.22.